The van der Waals surface area contributed by atoms with Crippen LogP contribution in [0.3, 0.4) is 0 Å². The Balaban J connectivity index is 1.41. The molecule has 1 saturated heterocycles. The van der Waals surface area contributed by atoms with Crippen molar-refractivity contribution in [3.63, 3.8) is 0 Å². The Morgan fingerprint density at radius 2 is 2.35 bits per heavy atom. The van der Waals surface area contributed by atoms with Gasteiger partial charge in [0.25, 0.3) is 0 Å². The Labute approximate surface area is 102 Å². The minimum Gasteiger partial charge on any atom is -0.492 e. The molecular weight excluding hydrogens is 214 g/mol. The van der Waals surface area contributed by atoms with E-state index < -0.39 is 0 Å². The summed E-state index contributed by atoms with van der Waals surface area (Å²) >= 11 is 0. The van der Waals surface area contributed by atoms with E-state index in [1.165, 1.54) is 12.8 Å². The first kappa shape index (κ1) is 11.0. The van der Waals surface area contributed by atoms with Crippen LogP contribution < -0.4 is 15.8 Å². The average molecular weight is 233 g/mol. The third-order valence-electron chi connectivity index (χ3n) is 3.70. The van der Waals surface area contributed by atoms with E-state index in [2.05, 4.69) is 10.3 Å². The second kappa shape index (κ2) is 4.63. The van der Waals surface area contributed by atoms with Crippen LogP contribution >= 0.6 is 0 Å². The van der Waals surface area contributed by atoms with E-state index >= 15 is 0 Å². The van der Waals surface area contributed by atoms with Gasteiger partial charge in [0.1, 0.15) is 5.75 Å². The number of fused-ring (bicyclic) bond motifs is 1. The lowest BCUT2D eigenvalue weighted by molar-refractivity contribution is 0.286. The van der Waals surface area contributed by atoms with Crippen LogP contribution in [-0.4, -0.2) is 23.7 Å². The Hall–Kier alpha value is -1.13. The van der Waals surface area contributed by atoms with E-state index in [9.17, 15) is 0 Å². The molecule has 2 fully saturated rings. The fraction of sp³-hybridized carbons (Fsp3) is 0.615. The predicted octanol–water partition coefficient (Wildman–Crippen LogP) is 1.06. The zero-order valence-electron chi connectivity index (χ0n) is 9.93. The normalized spacial score (nSPS) is 30.1. The van der Waals surface area contributed by atoms with Gasteiger partial charge in [-0.25, -0.2) is 0 Å². The van der Waals surface area contributed by atoms with Gasteiger partial charge in [0.15, 0.2) is 0 Å². The number of nitrogens with zero attached hydrogens (tertiary/aromatic N) is 1. The van der Waals surface area contributed by atoms with Gasteiger partial charge in [-0.2, -0.15) is 0 Å². The van der Waals surface area contributed by atoms with Gasteiger partial charge in [0.2, 0.25) is 0 Å². The summed E-state index contributed by atoms with van der Waals surface area (Å²) in [6.45, 7) is 1.25. The zero-order valence-corrected chi connectivity index (χ0v) is 9.93. The molecule has 1 aromatic rings. The van der Waals surface area contributed by atoms with Crippen LogP contribution in [0.2, 0.25) is 0 Å². The lowest BCUT2D eigenvalue weighted by Gasteiger charge is -2.13. The molecule has 3 unspecified atom stereocenters. The minimum atomic E-state index is 0.481. The average Bonchev–Trinajstić information content (AvgIpc) is 2.98. The fourth-order valence-corrected chi connectivity index (χ4v) is 2.59. The second-order valence-electron chi connectivity index (χ2n) is 5.03. The van der Waals surface area contributed by atoms with Crippen LogP contribution in [0.4, 0.5) is 0 Å². The van der Waals surface area contributed by atoms with Crippen molar-refractivity contribution in [1.29, 1.82) is 0 Å². The van der Waals surface area contributed by atoms with Gasteiger partial charge in [0.05, 0.1) is 18.5 Å². The molecule has 1 saturated carbocycles. The molecule has 3 rings (SSSR count). The van der Waals surface area contributed by atoms with Gasteiger partial charge in [-0.05, 0) is 37.3 Å². The number of hydrogen-bond acceptors (Lipinski definition) is 4. The highest BCUT2D eigenvalue weighted by molar-refractivity contribution is 5.19. The maximum absolute atomic E-state index is 5.67. The van der Waals surface area contributed by atoms with E-state index in [1.54, 1.807) is 6.20 Å². The van der Waals surface area contributed by atoms with Gasteiger partial charge in [-0.3, -0.25) is 4.98 Å². The summed E-state index contributed by atoms with van der Waals surface area (Å²) in [5, 5.41) is 3.62. The largest absolute Gasteiger partial charge is 0.492 e. The number of aromatic nitrogens is 1. The summed E-state index contributed by atoms with van der Waals surface area (Å²) in [5.74, 6) is 1.80. The highest BCUT2D eigenvalue weighted by Crippen LogP contribution is 2.41. The standard InChI is InChI=1S/C13H19N3O/c14-7-11-1-2-12(8-15-11)17-4-3-10-5-9-6-13(9)16-10/h1-2,8-10,13,16H,3-7,14H2. The molecule has 17 heavy (non-hydrogen) atoms. The van der Waals surface area contributed by atoms with Crippen LogP contribution in [0.15, 0.2) is 18.3 Å². The summed E-state index contributed by atoms with van der Waals surface area (Å²) in [7, 11) is 0. The lowest BCUT2D eigenvalue weighted by Crippen LogP contribution is -2.27. The maximum Gasteiger partial charge on any atom is 0.137 e. The molecule has 0 spiro atoms. The lowest BCUT2D eigenvalue weighted by atomic mass is 10.1. The van der Waals surface area contributed by atoms with E-state index in [4.69, 9.17) is 10.5 Å². The molecule has 1 aliphatic heterocycles. The van der Waals surface area contributed by atoms with Crippen LogP contribution in [-0.2, 0) is 6.54 Å². The molecule has 0 amide bonds. The second-order valence-corrected chi connectivity index (χ2v) is 5.03. The summed E-state index contributed by atoms with van der Waals surface area (Å²) in [6, 6.07) is 5.34. The first-order valence-corrected chi connectivity index (χ1v) is 6.39. The molecule has 92 valence electrons. The molecular formula is C13H19N3O. The first-order chi connectivity index (χ1) is 8.35. The third-order valence-corrected chi connectivity index (χ3v) is 3.70. The van der Waals surface area contributed by atoms with Gasteiger partial charge >= 0.3 is 0 Å². The predicted molar refractivity (Wildman–Crippen MR) is 65.7 cm³/mol. The summed E-state index contributed by atoms with van der Waals surface area (Å²) < 4.78 is 5.67. The van der Waals surface area contributed by atoms with Crippen molar-refractivity contribution < 1.29 is 4.74 Å². The van der Waals surface area contributed by atoms with E-state index in [1.807, 2.05) is 12.1 Å². The van der Waals surface area contributed by atoms with Gasteiger partial charge in [0, 0.05) is 18.6 Å². The highest BCUT2D eigenvalue weighted by Gasteiger charge is 2.45. The molecule has 3 atom stereocenters. The number of ether oxygens (including phenoxy) is 1. The van der Waals surface area contributed by atoms with Crippen molar-refractivity contribution in [2.24, 2.45) is 11.7 Å². The molecule has 1 aliphatic carbocycles. The quantitative estimate of drug-likeness (QED) is 0.798. The number of rotatable bonds is 5. The van der Waals surface area contributed by atoms with Crippen LogP contribution in [0.25, 0.3) is 0 Å². The summed E-state index contributed by atoms with van der Waals surface area (Å²) in [5.41, 5.74) is 6.39. The Bertz CT molecular complexity index is 369. The van der Waals surface area contributed by atoms with Crippen LogP contribution in [0, 0.1) is 5.92 Å². The number of nitrogens with one attached hydrogen (secondary N) is 1. The van der Waals surface area contributed by atoms with Crippen LogP contribution in [0.1, 0.15) is 25.0 Å². The minimum absolute atomic E-state index is 0.481. The topological polar surface area (TPSA) is 60.2 Å². The molecule has 4 nitrogen and oxygen atoms in total. The molecule has 4 heteroatoms. The molecule has 0 aromatic carbocycles. The highest BCUT2D eigenvalue weighted by atomic mass is 16.5. The van der Waals surface area contributed by atoms with Crippen molar-refractivity contribution in [2.45, 2.75) is 37.9 Å². The summed E-state index contributed by atoms with van der Waals surface area (Å²) in [6.07, 6.45) is 5.56. The molecule has 1 aromatic heterocycles. The van der Waals surface area contributed by atoms with E-state index in [0.29, 0.717) is 12.6 Å². The van der Waals surface area contributed by atoms with Gasteiger partial charge in [-0.1, -0.05) is 0 Å². The summed E-state index contributed by atoms with van der Waals surface area (Å²) in [4.78, 5) is 4.20. The fourth-order valence-electron chi connectivity index (χ4n) is 2.59. The van der Waals surface area contributed by atoms with Crippen molar-refractivity contribution >= 4 is 0 Å². The van der Waals surface area contributed by atoms with Crippen molar-refractivity contribution in [2.75, 3.05) is 6.61 Å². The Kier molecular flexibility index (Phi) is 2.99. The maximum atomic E-state index is 5.67. The smallest absolute Gasteiger partial charge is 0.137 e. The van der Waals surface area contributed by atoms with E-state index in [0.717, 1.165) is 36.4 Å². The molecule has 0 bridgehead atoms. The SMILES string of the molecule is NCc1ccc(OCCC2CC3CC3N2)cn1. The van der Waals surface area contributed by atoms with Gasteiger partial charge in [-0.15, -0.1) is 0 Å². The van der Waals surface area contributed by atoms with Crippen molar-refractivity contribution in [3.05, 3.63) is 24.0 Å². The first-order valence-electron chi connectivity index (χ1n) is 6.39. The number of hydrogen-bond donors (Lipinski definition) is 2. The third kappa shape index (κ3) is 2.58. The number of piperidine rings is 1. The van der Waals surface area contributed by atoms with Gasteiger partial charge < -0.3 is 15.8 Å². The number of pyridine rings is 1. The van der Waals surface area contributed by atoms with Crippen LogP contribution in [0.5, 0.6) is 5.75 Å². The monoisotopic (exact) mass is 233 g/mol. The Morgan fingerprint density at radius 1 is 1.41 bits per heavy atom. The Morgan fingerprint density at radius 3 is 3.00 bits per heavy atom. The molecule has 2 heterocycles. The van der Waals surface area contributed by atoms with E-state index in [-0.39, 0.29) is 0 Å². The molecule has 2 aliphatic rings. The van der Waals surface area contributed by atoms with Crippen molar-refractivity contribution in [1.82, 2.24) is 10.3 Å². The molecule has 0 radical (unpaired) electrons. The molecule has 3 N–H and O–H groups in total. The number of nitrogens with two attached hydrogens (primary N) is 1. The van der Waals surface area contributed by atoms with Crippen molar-refractivity contribution in [3.8, 4) is 5.75 Å². The zero-order chi connectivity index (χ0) is 11.7.